The molecule has 5 heteroatoms. The molecule has 0 aromatic carbocycles. The van der Waals surface area contributed by atoms with E-state index in [0.29, 0.717) is 6.04 Å². The second kappa shape index (κ2) is 3.14. The Bertz CT molecular complexity index is 344. The van der Waals surface area contributed by atoms with E-state index >= 15 is 0 Å². The molecule has 1 aliphatic carbocycles. The Labute approximate surface area is 83.7 Å². The van der Waals surface area contributed by atoms with E-state index in [4.69, 9.17) is 5.11 Å². The molecule has 0 spiro atoms. The van der Waals surface area contributed by atoms with E-state index in [-0.39, 0.29) is 5.82 Å². The third kappa shape index (κ3) is 1.37. The lowest BCUT2D eigenvalue weighted by Crippen LogP contribution is -2.21. The van der Waals surface area contributed by atoms with Gasteiger partial charge in [-0.15, -0.1) is 0 Å². The summed E-state index contributed by atoms with van der Waals surface area (Å²) < 4.78 is 2.51. The van der Waals surface area contributed by atoms with Crippen LogP contribution >= 0.6 is 15.9 Å². The summed E-state index contributed by atoms with van der Waals surface area (Å²) in [5.41, 5.74) is 0. The number of aromatic nitrogens is 2. The summed E-state index contributed by atoms with van der Waals surface area (Å²) in [7, 11) is 0. The van der Waals surface area contributed by atoms with Crippen LogP contribution in [0.15, 0.2) is 10.8 Å². The lowest BCUT2D eigenvalue weighted by molar-refractivity contribution is 0.0671. The minimum atomic E-state index is -0.961. The van der Waals surface area contributed by atoms with Crippen LogP contribution in [0, 0.1) is 0 Å². The second-order valence-corrected chi connectivity index (χ2v) is 3.98. The zero-order valence-corrected chi connectivity index (χ0v) is 8.49. The number of halogens is 1. The SMILES string of the molecule is O=C(O)c1ncc(Br)n1C1CCC1. The summed E-state index contributed by atoms with van der Waals surface area (Å²) in [4.78, 5) is 14.6. The van der Waals surface area contributed by atoms with Crippen LogP contribution in [0.25, 0.3) is 0 Å². The van der Waals surface area contributed by atoms with Gasteiger partial charge in [-0.05, 0) is 35.2 Å². The Morgan fingerprint density at radius 2 is 2.38 bits per heavy atom. The van der Waals surface area contributed by atoms with E-state index in [1.54, 1.807) is 10.8 Å². The Kier molecular flexibility index (Phi) is 2.11. The summed E-state index contributed by atoms with van der Waals surface area (Å²) in [6.07, 6.45) is 4.82. The van der Waals surface area contributed by atoms with Crippen LogP contribution in [-0.2, 0) is 0 Å². The first-order valence-electron chi connectivity index (χ1n) is 4.16. The number of rotatable bonds is 2. The lowest BCUT2D eigenvalue weighted by atomic mass is 9.93. The van der Waals surface area contributed by atoms with Crippen LogP contribution < -0.4 is 0 Å². The third-order valence-electron chi connectivity index (χ3n) is 2.38. The summed E-state index contributed by atoms with van der Waals surface area (Å²) in [6.45, 7) is 0. The normalized spacial score (nSPS) is 17.0. The highest BCUT2D eigenvalue weighted by molar-refractivity contribution is 9.10. The van der Waals surface area contributed by atoms with Gasteiger partial charge in [0.1, 0.15) is 4.60 Å². The van der Waals surface area contributed by atoms with Crippen molar-refractivity contribution in [1.82, 2.24) is 9.55 Å². The van der Waals surface area contributed by atoms with Gasteiger partial charge >= 0.3 is 5.97 Å². The molecule has 0 aliphatic heterocycles. The van der Waals surface area contributed by atoms with Gasteiger partial charge in [0.05, 0.1) is 6.20 Å². The van der Waals surface area contributed by atoms with Crippen molar-refractivity contribution in [3.63, 3.8) is 0 Å². The summed E-state index contributed by atoms with van der Waals surface area (Å²) in [5, 5.41) is 8.84. The van der Waals surface area contributed by atoms with Gasteiger partial charge in [0.15, 0.2) is 0 Å². The third-order valence-corrected chi connectivity index (χ3v) is 2.97. The van der Waals surface area contributed by atoms with Crippen molar-refractivity contribution in [2.75, 3.05) is 0 Å². The molecular formula is C8H9BrN2O2. The number of carbonyl (C=O) groups is 1. The lowest BCUT2D eigenvalue weighted by Gasteiger charge is -2.28. The van der Waals surface area contributed by atoms with Gasteiger partial charge in [-0.25, -0.2) is 9.78 Å². The molecule has 70 valence electrons. The predicted octanol–water partition coefficient (Wildman–Crippen LogP) is 2.07. The van der Waals surface area contributed by atoms with Crippen LogP contribution in [0.4, 0.5) is 0 Å². The van der Waals surface area contributed by atoms with Crippen molar-refractivity contribution in [3.05, 3.63) is 16.6 Å². The zero-order valence-electron chi connectivity index (χ0n) is 6.90. The summed E-state index contributed by atoms with van der Waals surface area (Å²) in [6, 6.07) is 0.322. The van der Waals surface area contributed by atoms with Crippen molar-refractivity contribution in [1.29, 1.82) is 0 Å². The molecule has 1 N–H and O–H groups in total. The molecule has 13 heavy (non-hydrogen) atoms. The van der Waals surface area contributed by atoms with Crippen LogP contribution in [0.2, 0.25) is 0 Å². The topological polar surface area (TPSA) is 55.1 Å². The molecule has 1 saturated carbocycles. The van der Waals surface area contributed by atoms with Gasteiger partial charge in [0.25, 0.3) is 0 Å². The van der Waals surface area contributed by atoms with Crippen LogP contribution in [-0.4, -0.2) is 20.6 Å². The molecule has 1 heterocycles. The van der Waals surface area contributed by atoms with E-state index in [9.17, 15) is 4.79 Å². The molecule has 2 rings (SSSR count). The van der Waals surface area contributed by atoms with Crippen LogP contribution in [0.1, 0.15) is 35.9 Å². The molecule has 0 unspecified atom stereocenters. The fourth-order valence-electron chi connectivity index (χ4n) is 1.49. The van der Waals surface area contributed by atoms with Gasteiger partial charge in [-0.2, -0.15) is 0 Å². The van der Waals surface area contributed by atoms with Gasteiger partial charge in [-0.3, -0.25) is 0 Å². The first-order chi connectivity index (χ1) is 6.20. The standard InChI is InChI=1S/C8H9BrN2O2/c9-6-4-10-7(8(12)13)11(6)5-2-1-3-5/h4-5H,1-3H2,(H,12,13). The van der Waals surface area contributed by atoms with Gasteiger partial charge in [0, 0.05) is 6.04 Å². The van der Waals surface area contributed by atoms with Crippen molar-refractivity contribution in [3.8, 4) is 0 Å². The van der Waals surface area contributed by atoms with Crippen molar-refractivity contribution in [2.24, 2.45) is 0 Å². The van der Waals surface area contributed by atoms with E-state index in [2.05, 4.69) is 20.9 Å². The van der Waals surface area contributed by atoms with Crippen molar-refractivity contribution >= 4 is 21.9 Å². The Morgan fingerprint density at radius 3 is 2.85 bits per heavy atom. The Hall–Kier alpha value is -0.840. The highest BCUT2D eigenvalue weighted by Gasteiger charge is 2.26. The summed E-state index contributed by atoms with van der Waals surface area (Å²) in [5.74, 6) is -0.825. The molecule has 1 aromatic rings. The first-order valence-corrected chi connectivity index (χ1v) is 4.95. The molecule has 0 amide bonds. The monoisotopic (exact) mass is 244 g/mol. The van der Waals surface area contributed by atoms with E-state index in [0.717, 1.165) is 17.4 Å². The maximum absolute atomic E-state index is 10.8. The predicted molar refractivity (Wildman–Crippen MR) is 49.8 cm³/mol. The molecule has 0 radical (unpaired) electrons. The molecule has 1 aromatic heterocycles. The Balaban J connectivity index is 2.39. The highest BCUT2D eigenvalue weighted by Crippen LogP contribution is 2.35. The first kappa shape index (κ1) is 8.74. The van der Waals surface area contributed by atoms with E-state index in [1.807, 2.05) is 0 Å². The smallest absolute Gasteiger partial charge is 0.372 e. The number of carboxylic acid groups (broad SMARTS) is 1. The van der Waals surface area contributed by atoms with Gasteiger partial charge in [0.2, 0.25) is 5.82 Å². The highest BCUT2D eigenvalue weighted by atomic mass is 79.9. The van der Waals surface area contributed by atoms with Crippen molar-refractivity contribution in [2.45, 2.75) is 25.3 Å². The fraction of sp³-hybridized carbons (Fsp3) is 0.500. The number of aromatic carboxylic acids is 1. The maximum Gasteiger partial charge on any atom is 0.372 e. The van der Waals surface area contributed by atoms with E-state index < -0.39 is 5.97 Å². The van der Waals surface area contributed by atoms with E-state index in [1.165, 1.54) is 6.42 Å². The average Bonchev–Trinajstić information content (AvgIpc) is 2.30. The number of hydrogen-bond acceptors (Lipinski definition) is 2. The molecule has 0 saturated heterocycles. The van der Waals surface area contributed by atoms with Crippen LogP contribution in [0.3, 0.4) is 0 Å². The number of carboxylic acids is 1. The maximum atomic E-state index is 10.8. The number of hydrogen-bond donors (Lipinski definition) is 1. The second-order valence-electron chi connectivity index (χ2n) is 3.16. The van der Waals surface area contributed by atoms with Crippen molar-refractivity contribution < 1.29 is 9.90 Å². The molecular weight excluding hydrogens is 236 g/mol. The van der Waals surface area contributed by atoms with Crippen LogP contribution in [0.5, 0.6) is 0 Å². The van der Waals surface area contributed by atoms with Gasteiger partial charge in [-0.1, -0.05) is 0 Å². The Morgan fingerprint density at radius 1 is 1.69 bits per heavy atom. The zero-order chi connectivity index (χ0) is 9.42. The largest absolute Gasteiger partial charge is 0.475 e. The average molecular weight is 245 g/mol. The molecule has 0 bridgehead atoms. The fourth-order valence-corrected chi connectivity index (χ4v) is 2.05. The molecule has 1 fully saturated rings. The van der Waals surface area contributed by atoms with Gasteiger partial charge < -0.3 is 9.67 Å². The molecule has 4 nitrogen and oxygen atoms in total. The molecule has 0 atom stereocenters. The minimum Gasteiger partial charge on any atom is -0.475 e. The number of nitrogens with zero attached hydrogens (tertiary/aromatic N) is 2. The number of imidazole rings is 1. The summed E-state index contributed by atoms with van der Waals surface area (Å²) >= 11 is 3.30. The minimum absolute atomic E-state index is 0.136. The molecule has 1 aliphatic rings. The quantitative estimate of drug-likeness (QED) is 0.867.